The zero-order valence-electron chi connectivity index (χ0n) is 44.6. The quantitative estimate of drug-likeness (QED) is 0.0317. The lowest BCUT2D eigenvalue weighted by Crippen LogP contribution is -2.55. The van der Waals surface area contributed by atoms with E-state index in [9.17, 15) is 28.7 Å². The molecule has 4 rings (SSSR count). The molecule has 0 radical (unpaired) electrons. The Hall–Kier alpha value is -4.55. The lowest BCUT2D eigenvalue weighted by molar-refractivity contribution is -0.125. The van der Waals surface area contributed by atoms with Gasteiger partial charge in [-0.05, 0) is 123 Å². The fraction of sp³-hybridized carbons (Fsp3) is 0.412. The van der Waals surface area contributed by atoms with Gasteiger partial charge in [0.2, 0.25) is 11.4 Å². The summed E-state index contributed by atoms with van der Waals surface area (Å²) in [5.74, 6) is -2.04. The Kier molecular flexibility index (Phi) is 26.1. The predicted octanol–water partition coefficient (Wildman–Crippen LogP) is 14.0. The fourth-order valence-electron chi connectivity index (χ4n) is 5.41. The van der Waals surface area contributed by atoms with Crippen molar-refractivity contribution in [2.45, 2.75) is 130 Å². The Labute approximate surface area is 465 Å². The highest BCUT2D eigenvalue weighted by Crippen LogP contribution is 2.40. The maximum atomic E-state index is 13.3. The van der Waals surface area contributed by atoms with Crippen LogP contribution < -0.4 is 32.3 Å². The van der Waals surface area contributed by atoms with E-state index in [1.807, 2.05) is 6.92 Å². The van der Waals surface area contributed by atoms with Gasteiger partial charge in [0.05, 0.1) is 43.9 Å². The summed E-state index contributed by atoms with van der Waals surface area (Å²) >= 11 is 25.3. The van der Waals surface area contributed by atoms with Crippen LogP contribution in [-0.2, 0) is 14.0 Å². The average molecular weight is 1230 g/mol. The Balaban J connectivity index is 0.000000624. The molecule has 0 heterocycles. The van der Waals surface area contributed by atoms with E-state index in [0.29, 0.717) is 55.1 Å². The van der Waals surface area contributed by atoms with Crippen molar-refractivity contribution in [1.29, 1.82) is 0 Å². The van der Waals surface area contributed by atoms with E-state index in [2.05, 4.69) is 142 Å². The van der Waals surface area contributed by atoms with Crippen molar-refractivity contribution in [1.82, 2.24) is 21.7 Å². The summed E-state index contributed by atoms with van der Waals surface area (Å²) in [5, 5.41) is 17.0. The Morgan fingerprint density at radius 1 is 0.671 bits per heavy atom. The van der Waals surface area contributed by atoms with E-state index >= 15 is 0 Å². The van der Waals surface area contributed by atoms with Gasteiger partial charge in [-0.25, -0.2) is 9.69 Å². The number of hydrazine groups is 2. The highest BCUT2D eigenvalue weighted by Gasteiger charge is 2.41. The van der Waals surface area contributed by atoms with Crippen molar-refractivity contribution >= 4 is 128 Å². The topological polar surface area (TPSA) is 179 Å². The molecule has 0 bridgehead atoms. The molecule has 22 heteroatoms. The molecule has 0 aliphatic rings. The van der Waals surface area contributed by atoms with E-state index in [0.717, 1.165) is 8.95 Å². The van der Waals surface area contributed by atoms with Crippen molar-refractivity contribution in [3.05, 3.63) is 137 Å². The van der Waals surface area contributed by atoms with Gasteiger partial charge < -0.3 is 20.2 Å². The third-order valence-corrected chi connectivity index (χ3v) is 23.8. The van der Waals surface area contributed by atoms with E-state index in [1.165, 1.54) is 13.0 Å². The minimum atomic E-state index is -2.21. The van der Waals surface area contributed by atoms with E-state index in [4.69, 9.17) is 53.2 Å². The van der Waals surface area contributed by atoms with Crippen LogP contribution in [0.4, 0.5) is 27.1 Å². The number of aliphatic hydroxyl groups is 1. The first kappa shape index (κ1) is 64.6. The number of nitrogens with one attached hydrogen (secondary N) is 6. The summed E-state index contributed by atoms with van der Waals surface area (Å²) in [6.45, 7) is 42.6. The van der Waals surface area contributed by atoms with Gasteiger partial charge in [0.1, 0.15) is 12.1 Å². The molecular weight excluding hydrogens is 1160 g/mol. The number of rotatable bonds is 12. The van der Waals surface area contributed by atoms with Gasteiger partial charge in [-0.1, -0.05) is 122 Å². The molecule has 0 aromatic heterocycles. The molecule has 0 spiro atoms. The standard InChI is InChI=1S/C25H32BrClN4O3Si.C19H18BrClN4O3.C6H15ClSi.CH3F/c1-15-19(13-14-20(28-6)21(15)27)29-22(16(2)34-35(7,8)25(3,4)5)24(33)31-30-23(32)17-9-11-18(26)12-10-17;1-10-14(8-9-15(22-3)16(10)21)23-17(11(2)26)19(28)25-24-18(27)12-4-6-13(20)7-5-12;1-6(2,3)8(4,5)7;1-2/h9-14,16,22,29H,1-5,7-8H3,(H,30,32)(H,31,33);4-9,11,17,23,26H,1-2H3,(H,24,27)(H,25,28);1-5H3;1H3/t16-,22+;11-,17+;;/m00../s1/i;;;1D. The molecule has 14 nitrogen and oxygen atoms in total. The highest BCUT2D eigenvalue weighted by atomic mass is 79.9. The number of carbonyl (C=O) groups excluding carboxylic acids is 4. The second kappa shape index (κ2) is 29.5. The lowest BCUT2D eigenvalue weighted by atomic mass is 10.1. The third kappa shape index (κ3) is 20.6. The number of hydrogen-bond donors (Lipinski definition) is 7. The maximum Gasteiger partial charge on any atom is 0.269 e. The second-order valence-corrected chi connectivity index (χ2v) is 34.2. The third-order valence-electron chi connectivity index (χ3n) is 12.0. The van der Waals surface area contributed by atoms with E-state index in [1.54, 1.807) is 80.6 Å². The minimum Gasteiger partial charge on any atom is -0.412 e. The molecule has 4 atom stereocenters. The summed E-state index contributed by atoms with van der Waals surface area (Å²) in [6, 6.07) is 17.9. The summed E-state index contributed by atoms with van der Waals surface area (Å²) in [4.78, 5) is 57.1. The van der Waals surface area contributed by atoms with Crippen LogP contribution in [0.3, 0.4) is 0 Å². The molecule has 4 amide bonds. The van der Waals surface area contributed by atoms with Crippen molar-refractivity contribution in [2.75, 3.05) is 17.8 Å². The summed E-state index contributed by atoms with van der Waals surface area (Å²) < 4.78 is 23.7. The average Bonchev–Trinajstić information content (AvgIpc) is 3.30. The number of aliphatic hydroxyl groups excluding tert-OH is 1. The van der Waals surface area contributed by atoms with Crippen LogP contribution in [0.1, 0.15) is 88.6 Å². The molecule has 0 saturated heterocycles. The zero-order chi connectivity index (χ0) is 57.1. The van der Waals surface area contributed by atoms with Crippen LogP contribution in [0.15, 0.2) is 81.7 Å². The largest absolute Gasteiger partial charge is 0.412 e. The number of alkyl halides is 1. The number of nitrogens with zero attached hydrogens (tertiary/aromatic N) is 2. The molecule has 0 saturated carbocycles. The van der Waals surface area contributed by atoms with Crippen molar-refractivity contribution in [3.8, 4) is 0 Å². The van der Waals surface area contributed by atoms with Crippen molar-refractivity contribution < 1.29 is 34.5 Å². The molecule has 0 fully saturated rings. The first-order valence-electron chi connectivity index (χ1n) is 23.3. The van der Waals surface area contributed by atoms with Crippen LogP contribution >= 0.6 is 66.1 Å². The van der Waals surface area contributed by atoms with E-state index < -0.39 is 70.8 Å². The molecule has 398 valence electrons. The monoisotopic (exact) mass is 1230 g/mol. The maximum absolute atomic E-state index is 13.3. The summed E-state index contributed by atoms with van der Waals surface area (Å²) in [5.41, 5.74) is 13.3. The number of amides is 4. The van der Waals surface area contributed by atoms with Gasteiger partial charge in [0.25, 0.3) is 23.6 Å². The number of anilines is 2. The van der Waals surface area contributed by atoms with Gasteiger partial charge in [-0.3, -0.25) is 45.3 Å². The SMILES string of the molecule is CC(C)(C)[Si](C)(C)Cl.[2H]CF.[C-]#[N+]c1ccc(N[C@@H](C(=O)NNC(=O)c2ccc(Br)cc2)[C@H](C)O)c(C)c1Cl.[C-]#[N+]c1ccc(N[C@@H](C(=O)NNC(=O)c2ccc(Br)cc2)[C@H](C)O[Si](C)(C)C(C)(C)C)c(C)c1Cl. The van der Waals surface area contributed by atoms with Crippen molar-refractivity contribution in [3.63, 3.8) is 0 Å². The van der Waals surface area contributed by atoms with Gasteiger partial charge in [-0.15, -0.1) is 0 Å². The molecular formula is C51H68Br2Cl3FN8O6Si2. The van der Waals surface area contributed by atoms with Crippen LogP contribution in [0.25, 0.3) is 9.69 Å². The second-order valence-electron chi connectivity index (χ2n) is 19.6. The van der Waals surface area contributed by atoms with Gasteiger partial charge in [0, 0.05) is 31.4 Å². The normalized spacial score (nSPS) is 13.0. The Morgan fingerprint density at radius 2 is 1.00 bits per heavy atom. The summed E-state index contributed by atoms with van der Waals surface area (Å²) in [6.07, 6.45) is -1.59. The van der Waals surface area contributed by atoms with Crippen LogP contribution in [0.2, 0.25) is 46.3 Å². The number of carbonyl (C=O) groups is 4. The lowest BCUT2D eigenvalue weighted by Gasteiger charge is -2.40. The molecule has 0 aliphatic heterocycles. The molecule has 7 N–H and O–H groups in total. The first-order chi connectivity index (χ1) is 34.1. The Morgan fingerprint density at radius 3 is 1.30 bits per heavy atom. The van der Waals surface area contributed by atoms with Gasteiger partial charge in [-0.2, -0.15) is 11.1 Å². The fourth-order valence-corrected chi connectivity index (χ4v) is 7.77. The predicted molar refractivity (Wildman–Crippen MR) is 309 cm³/mol. The molecule has 0 aliphatic carbocycles. The molecule has 4 aromatic rings. The van der Waals surface area contributed by atoms with Crippen LogP contribution in [0, 0.1) is 27.0 Å². The van der Waals surface area contributed by atoms with E-state index in [-0.39, 0.29) is 10.1 Å². The number of halogens is 6. The smallest absolute Gasteiger partial charge is 0.269 e. The van der Waals surface area contributed by atoms with Gasteiger partial charge >= 0.3 is 0 Å². The van der Waals surface area contributed by atoms with Crippen molar-refractivity contribution in [2.24, 2.45) is 0 Å². The number of hydrogen-bond acceptors (Lipinski definition) is 8. The highest BCUT2D eigenvalue weighted by molar-refractivity contribution is 9.10. The number of benzene rings is 4. The zero-order valence-corrected chi connectivity index (χ0v) is 51.0. The van der Waals surface area contributed by atoms with Crippen LogP contribution in [-0.4, -0.2) is 75.9 Å². The van der Waals surface area contributed by atoms with Gasteiger partial charge in [0.15, 0.2) is 15.7 Å². The first-order valence-corrected chi connectivity index (χ1v) is 31.8. The molecule has 73 heavy (non-hydrogen) atoms. The Bertz CT molecular complexity index is 2610. The summed E-state index contributed by atoms with van der Waals surface area (Å²) in [7, 11) is -4.60. The van der Waals surface area contributed by atoms with Crippen LogP contribution in [0.5, 0.6) is 0 Å². The molecule has 0 unspecified atom stereocenters. The minimum absolute atomic E-state index is 0.0609. The molecule has 4 aromatic carbocycles.